The predicted octanol–water partition coefficient (Wildman–Crippen LogP) is 7.96. The molecule has 0 amide bonds. The molecule has 1 aliphatic carbocycles. The zero-order chi connectivity index (χ0) is 25.6. The number of hydrogen-bond acceptors (Lipinski definition) is 3. The summed E-state index contributed by atoms with van der Waals surface area (Å²) < 4.78 is 0. The van der Waals surface area contributed by atoms with Gasteiger partial charge in [0.2, 0.25) is 21.1 Å². The lowest BCUT2D eigenvalue weighted by atomic mass is 9.84. The van der Waals surface area contributed by atoms with E-state index >= 15 is 0 Å². The van der Waals surface area contributed by atoms with Crippen LogP contribution in [0.25, 0.3) is 6.08 Å². The molecule has 3 rings (SSSR count). The van der Waals surface area contributed by atoms with Gasteiger partial charge in [0.1, 0.15) is 0 Å². The molecule has 0 bridgehead atoms. The van der Waals surface area contributed by atoms with Crippen molar-refractivity contribution in [2.24, 2.45) is 11.8 Å². The molecular weight excluding hydrogens is 456 g/mol. The Bertz CT molecular complexity index is 1100. The molecule has 1 aliphatic heterocycles. The highest BCUT2D eigenvalue weighted by Gasteiger charge is 2.32. The molecule has 4 heteroatoms. The van der Waals surface area contributed by atoms with Gasteiger partial charge in [-0.05, 0) is 57.1 Å². The Balaban J connectivity index is 2.03. The first-order chi connectivity index (χ1) is 15.6. The lowest BCUT2D eigenvalue weighted by Gasteiger charge is -2.29. The summed E-state index contributed by atoms with van der Waals surface area (Å²) in [6, 6.07) is 4.25. The Hall–Kier alpha value is -1.91. The van der Waals surface area contributed by atoms with Crippen LogP contribution in [0, 0.1) is 11.8 Å². The van der Waals surface area contributed by atoms with Gasteiger partial charge in [-0.1, -0.05) is 86.8 Å². The zero-order valence-electron chi connectivity index (χ0n) is 22.3. The highest BCUT2D eigenvalue weighted by atomic mass is 32.2. The lowest BCUT2D eigenvalue weighted by molar-refractivity contribution is -0.300. The Kier molecular flexibility index (Phi) is 7.55. The van der Waals surface area contributed by atoms with Crippen molar-refractivity contribution < 1.29 is 9.90 Å². The number of ketones is 1. The number of rotatable bonds is 4. The second-order valence-corrected chi connectivity index (χ2v) is 14.1. The van der Waals surface area contributed by atoms with Crippen molar-refractivity contribution in [2.75, 3.05) is 0 Å². The van der Waals surface area contributed by atoms with E-state index in [1.807, 2.05) is 0 Å². The highest BCUT2D eigenvalue weighted by molar-refractivity contribution is 8.06. The Morgan fingerprint density at radius 2 is 1.32 bits per heavy atom. The summed E-state index contributed by atoms with van der Waals surface area (Å²) in [4.78, 5) is 18.1. The van der Waals surface area contributed by atoms with Crippen molar-refractivity contribution in [2.45, 2.75) is 80.1 Å². The molecule has 0 saturated heterocycles. The standard InChI is InChI=1S/C30H38O2S2/c1-17(2)23-13-19(14-24(33-23)18(3)4)11-21-27(31)22(28(21)32)12-20-15-25(29(5,6)7)34-26(16-20)30(8,9)10/h11-18H,1-10H3. The van der Waals surface area contributed by atoms with Crippen LogP contribution in [-0.4, -0.2) is 5.78 Å². The molecule has 2 aliphatic rings. The van der Waals surface area contributed by atoms with Crippen LogP contribution in [0.1, 0.15) is 84.6 Å². The van der Waals surface area contributed by atoms with E-state index in [4.69, 9.17) is 0 Å². The fourth-order valence-corrected chi connectivity index (χ4v) is 5.96. The second-order valence-electron chi connectivity index (χ2n) is 11.9. The first-order valence-corrected chi connectivity index (χ1v) is 13.7. The van der Waals surface area contributed by atoms with Gasteiger partial charge in [0.05, 0.1) is 0 Å². The van der Waals surface area contributed by atoms with Gasteiger partial charge in [-0.3, -0.25) is 4.79 Å². The number of hydrogen-bond donors (Lipinski definition) is 0. The van der Waals surface area contributed by atoms with Crippen LogP contribution in [-0.2, 0) is 15.6 Å². The Morgan fingerprint density at radius 1 is 0.853 bits per heavy atom. The highest BCUT2D eigenvalue weighted by Crippen LogP contribution is 2.42. The third-order valence-electron chi connectivity index (χ3n) is 5.89. The average molecular weight is 495 g/mol. The van der Waals surface area contributed by atoms with Crippen LogP contribution in [0.4, 0.5) is 0 Å². The van der Waals surface area contributed by atoms with Gasteiger partial charge in [0.25, 0.3) is 0 Å². The minimum Gasteiger partial charge on any atom is -0.871 e. The largest absolute Gasteiger partial charge is 0.871 e. The quantitative estimate of drug-likeness (QED) is 0.315. The van der Waals surface area contributed by atoms with Crippen molar-refractivity contribution >= 4 is 35.0 Å². The first kappa shape index (κ1) is 26.7. The maximum absolute atomic E-state index is 13.0. The molecule has 0 fully saturated rings. The van der Waals surface area contributed by atoms with E-state index in [2.05, 4.69) is 93.5 Å². The molecule has 2 nitrogen and oxygen atoms in total. The van der Waals surface area contributed by atoms with E-state index in [0.29, 0.717) is 11.8 Å². The SMILES string of the molecule is CC(C)C1=CC(=CC2=C([O-])C(=Cc3cc(C(C)(C)C)[s+]c(C(C)(C)C)c3)C2=O)C=C(C(C)C)S1. The van der Waals surface area contributed by atoms with Gasteiger partial charge < -0.3 is 5.11 Å². The van der Waals surface area contributed by atoms with E-state index in [1.54, 1.807) is 35.3 Å². The Labute approximate surface area is 214 Å². The number of thioether (sulfide) groups is 1. The second kappa shape index (κ2) is 9.62. The van der Waals surface area contributed by atoms with Gasteiger partial charge in [-0.2, -0.15) is 0 Å². The molecular formula is C30H38O2S2. The van der Waals surface area contributed by atoms with E-state index in [-0.39, 0.29) is 33.5 Å². The summed E-state index contributed by atoms with van der Waals surface area (Å²) in [5.74, 6) is 0.489. The molecule has 2 heterocycles. The molecule has 1 aromatic rings. The zero-order valence-corrected chi connectivity index (χ0v) is 23.9. The van der Waals surface area contributed by atoms with Gasteiger partial charge in [0.15, 0.2) is 5.78 Å². The number of carbonyl (C=O) groups is 1. The fourth-order valence-electron chi connectivity index (χ4n) is 3.59. The molecule has 0 unspecified atom stereocenters. The van der Waals surface area contributed by atoms with E-state index in [9.17, 15) is 9.90 Å². The third kappa shape index (κ3) is 5.83. The Morgan fingerprint density at radius 3 is 1.71 bits per heavy atom. The van der Waals surface area contributed by atoms with Crippen LogP contribution < -0.4 is 5.11 Å². The molecule has 0 spiro atoms. The topological polar surface area (TPSA) is 40.1 Å². The fraction of sp³-hybridized carbons (Fsp3) is 0.467. The van der Waals surface area contributed by atoms with Crippen molar-refractivity contribution in [1.29, 1.82) is 0 Å². The lowest BCUT2D eigenvalue weighted by Crippen LogP contribution is -2.29. The molecule has 0 N–H and O–H groups in total. The number of allylic oxidation sites excluding steroid dienone is 8. The van der Waals surface area contributed by atoms with Crippen molar-refractivity contribution in [3.63, 3.8) is 0 Å². The molecule has 0 atom stereocenters. The first-order valence-electron chi connectivity index (χ1n) is 12.1. The summed E-state index contributed by atoms with van der Waals surface area (Å²) in [7, 11) is 0. The van der Waals surface area contributed by atoms with E-state index < -0.39 is 0 Å². The summed E-state index contributed by atoms with van der Waals surface area (Å²) in [6.07, 6.45) is 7.78. The molecule has 0 saturated carbocycles. The summed E-state index contributed by atoms with van der Waals surface area (Å²) in [5, 5.41) is 13.0. The van der Waals surface area contributed by atoms with Crippen molar-refractivity contribution in [3.05, 3.63) is 78.0 Å². The molecule has 34 heavy (non-hydrogen) atoms. The normalized spacial score (nSPS) is 18.5. The van der Waals surface area contributed by atoms with Gasteiger partial charge in [-0.15, -0.1) is 0 Å². The van der Waals surface area contributed by atoms with Crippen LogP contribution in [0.5, 0.6) is 0 Å². The summed E-state index contributed by atoms with van der Waals surface area (Å²) in [5.41, 5.74) is 2.43. The maximum Gasteiger partial charge on any atom is 0.219 e. The smallest absolute Gasteiger partial charge is 0.219 e. The number of Topliss-reactive ketones (excluding diaryl/α,β-unsaturated/α-hetero) is 1. The van der Waals surface area contributed by atoms with Gasteiger partial charge in [0, 0.05) is 34.1 Å². The van der Waals surface area contributed by atoms with Gasteiger partial charge in [-0.25, -0.2) is 0 Å². The third-order valence-corrected chi connectivity index (χ3v) is 9.44. The van der Waals surface area contributed by atoms with Crippen LogP contribution in [0.2, 0.25) is 0 Å². The summed E-state index contributed by atoms with van der Waals surface area (Å²) >= 11 is 3.61. The van der Waals surface area contributed by atoms with Crippen LogP contribution in [0.15, 0.2) is 62.6 Å². The van der Waals surface area contributed by atoms with E-state index in [1.165, 1.54) is 19.6 Å². The molecule has 182 valence electrons. The van der Waals surface area contributed by atoms with Gasteiger partial charge >= 0.3 is 0 Å². The van der Waals surface area contributed by atoms with Crippen LogP contribution >= 0.6 is 23.1 Å². The number of carbonyl (C=O) groups excluding carboxylic acids is 1. The average Bonchev–Trinajstić information content (AvgIpc) is 2.73. The molecule has 1 aromatic heterocycles. The molecule has 0 radical (unpaired) electrons. The van der Waals surface area contributed by atoms with Crippen molar-refractivity contribution in [1.82, 2.24) is 0 Å². The van der Waals surface area contributed by atoms with Crippen molar-refractivity contribution in [3.8, 4) is 0 Å². The monoisotopic (exact) mass is 494 g/mol. The van der Waals surface area contributed by atoms with Crippen LogP contribution in [0.3, 0.4) is 0 Å². The van der Waals surface area contributed by atoms with E-state index in [0.717, 1.165) is 11.1 Å². The predicted molar refractivity (Wildman–Crippen MR) is 148 cm³/mol. The minimum absolute atomic E-state index is 0.00553. The maximum atomic E-state index is 13.0. The minimum atomic E-state index is -0.156. The summed E-state index contributed by atoms with van der Waals surface area (Å²) in [6.45, 7) is 21.9. The molecule has 0 aromatic carbocycles.